The second-order valence-electron chi connectivity index (χ2n) is 8.16. The smallest absolute Gasteiger partial charge is 0.256 e. The van der Waals surface area contributed by atoms with Gasteiger partial charge in [-0.25, -0.2) is 4.39 Å². The van der Waals surface area contributed by atoms with Gasteiger partial charge < -0.3 is 15.5 Å². The number of piperidine rings is 1. The average molecular weight is 410 g/mol. The van der Waals surface area contributed by atoms with E-state index in [0.717, 1.165) is 6.42 Å². The van der Waals surface area contributed by atoms with Gasteiger partial charge in [-0.1, -0.05) is 25.0 Å². The van der Waals surface area contributed by atoms with Crippen LogP contribution in [-0.2, 0) is 4.79 Å². The Kier molecular flexibility index (Phi) is 6.94. The predicted molar refractivity (Wildman–Crippen MR) is 108 cm³/mol. The Labute approximate surface area is 171 Å². The first-order valence-corrected chi connectivity index (χ1v) is 10.2. The van der Waals surface area contributed by atoms with E-state index in [9.17, 15) is 14.0 Å². The number of carbonyl (C=O) groups is 2. The first-order valence-electron chi connectivity index (χ1n) is 10.2. The van der Waals surface area contributed by atoms with Gasteiger partial charge in [-0.15, -0.1) is 12.4 Å². The van der Waals surface area contributed by atoms with Crippen molar-refractivity contribution in [2.75, 3.05) is 13.1 Å². The molecule has 0 spiro atoms. The van der Waals surface area contributed by atoms with Crippen LogP contribution in [0.2, 0.25) is 0 Å². The van der Waals surface area contributed by atoms with Crippen molar-refractivity contribution in [2.24, 2.45) is 5.92 Å². The first kappa shape index (κ1) is 21.1. The van der Waals surface area contributed by atoms with Crippen LogP contribution in [0.25, 0.3) is 0 Å². The van der Waals surface area contributed by atoms with Gasteiger partial charge in [0, 0.05) is 25.2 Å². The molecule has 7 heteroatoms. The zero-order valence-electron chi connectivity index (χ0n) is 16.0. The third-order valence-electron chi connectivity index (χ3n) is 6.41. The molecule has 28 heavy (non-hydrogen) atoms. The van der Waals surface area contributed by atoms with Crippen molar-refractivity contribution in [2.45, 2.75) is 63.1 Å². The maximum absolute atomic E-state index is 13.8. The van der Waals surface area contributed by atoms with Crippen molar-refractivity contribution >= 4 is 24.2 Å². The van der Waals surface area contributed by atoms with E-state index in [0.29, 0.717) is 37.9 Å². The van der Waals surface area contributed by atoms with Gasteiger partial charge in [-0.3, -0.25) is 9.59 Å². The highest BCUT2D eigenvalue weighted by molar-refractivity contribution is 5.94. The molecule has 4 rings (SSSR count). The predicted octanol–water partition coefficient (Wildman–Crippen LogP) is 2.89. The van der Waals surface area contributed by atoms with Crippen molar-refractivity contribution in [3.63, 3.8) is 0 Å². The second-order valence-corrected chi connectivity index (χ2v) is 8.16. The molecule has 2 aliphatic heterocycles. The largest absolute Gasteiger partial charge is 0.352 e. The van der Waals surface area contributed by atoms with Crippen LogP contribution in [0.4, 0.5) is 4.39 Å². The van der Waals surface area contributed by atoms with Gasteiger partial charge in [-0.2, -0.15) is 0 Å². The fourth-order valence-electron chi connectivity index (χ4n) is 4.85. The zero-order chi connectivity index (χ0) is 18.8. The monoisotopic (exact) mass is 409 g/mol. The summed E-state index contributed by atoms with van der Waals surface area (Å²) in [4.78, 5) is 26.8. The molecule has 154 valence electrons. The quantitative estimate of drug-likeness (QED) is 0.806. The molecule has 3 fully saturated rings. The Hall–Kier alpha value is -1.66. The Morgan fingerprint density at radius 2 is 1.79 bits per heavy atom. The summed E-state index contributed by atoms with van der Waals surface area (Å²) in [6, 6.07) is 6.62. The van der Waals surface area contributed by atoms with E-state index < -0.39 is 5.82 Å². The molecule has 1 aliphatic carbocycles. The maximum atomic E-state index is 13.8. The van der Waals surface area contributed by atoms with Crippen molar-refractivity contribution < 1.29 is 14.0 Å². The Bertz CT molecular complexity index is 695. The molecule has 1 saturated carbocycles. The average Bonchev–Trinajstić information content (AvgIpc) is 3.13. The number of likely N-dealkylation sites (tertiary alicyclic amines) is 1. The molecule has 0 bridgehead atoms. The summed E-state index contributed by atoms with van der Waals surface area (Å²) >= 11 is 0. The van der Waals surface area contributed by atoms with E-state index in [1.165, 1.54) is 37.8 Å². The summed E-state index contributed by atoms with van der Waals surface area (Å²) in [5.74, 6) is 0.00382. The van der Waals surface area contributed by atoms with E-state index in [2.05, 4.69) is 10.6 Å². The highest BCUT2D eigenvalue weighted by Crippen LogP contribution is 2.33. The lowest BCUT2D eigenvalue weighted by atomic mass is 9.85. The highest BCUT2D eigenvalue weighted by Gasteiger charge is 2.38. The van der Waals surface area contributed by atoms with E-state index >= 15 is 0 Å². The second kappa shape index (κ2) is 9.23. The normalized spacial score (nSPS) is 27.6. The molecule has 1 aromatic carbocycles. The van der Waals surface area contributed by atoms with E-state index in [-0.39, 0.29) is 41.9 Å². The fraction of sp³-hybridized carbons (Fsp3) is 0.619. The molecule has 3 unspecified atom stereocenters. The van der Waals surface area contributed by atoms with Gasteiger partial charge in [0.2, 0.25) is 5.91 Å². The molecule has 0 radical (unpaired) electrons. The number of hydrogen-bond donors (Lipinski definition) is 2. The number of fused-ring (bicyclic) bond motifs is 1. The third-order valence-corrected chi connectivity index (χ3v) is 6.41. The van der Waals surface area contributed by atoms with Crippen LogP contribution in [-0.4, -0.2) is 47.9 Å². The molecule has 2 N–H and O–H groups in total. The van der Waals surface area contributed by atoms with Crippen molar-refractivity contribution in [1.29, 1.82) is 0 Å². The molecule has 0 aromatic heterocycles. The minimum Gasteiger partial charge on any atom is -0.352 e. The van der Waals surface area contributed by atoms with Crippen LogP contribution >= 0.6 is 12.4 Å². The number of nitrogens with one attached hydrogen (secondary N) is 2. The summed E-state index contributed by atoms with van der Waals surface area (Å²) in [6.07, 6.45) is 7.34. The lowest BCUT2D eigenvalue weighted by molar-refractivity contribution is -0.123. The van der Waals surface area contributed by atoms with Crippen LogP contribution in [0.15, 0.2) is 24.3 Å². The lowest BCUT2D eigenvalue weighted by Crippen LogP contribution is -2.51. The molecule has 2 heterocycles. The molecular formula is C21H29ClFN3O2. The van der Waals surface area contributed by atoms with Gasteiger partial charge >= 0.3 is 0 Å². The van der Waals surface area contributed by atoms with Crippen LogP contribution in [0.5, 0.6) is 0 Å². The number of carbonyl (C=O) groups excluding carboxylic acids is 2. The minimum absolute atomic E-state index is 0. The topological polar surface area (TPSA) is 61.4 Å². The number of nitrogens with zero attached hydrogens (tertiary/aromatic N) is 1. The van der Waals surface area contributed by atoms with Gasteiger partial charge in [0.15, 0.2) is 0 Å². The lowest BCUT2D eigenvalue weighted by Gasteiger charge is -2.33. The number of amides is 2. The van der Waals surface area contributed by atoms with Gasteiger partial charge in [-0.05, 0) is 50.2 Å². The molecule has 2 saturated heterocycles. The van der Waals surface area contributed by atoms with Crippen LogP contribution in [0.1, 0.15) is 55.3 Å². The molecule has 3 aliphatic rings. The summed E-state index contributed by atoms with van der Waals surface area (Å²) in [5.41, 5.74) is 0.123. The van der Waals surface area contributed by atoms with Crippen molar-refractivity contribution in [1.82, 2.24) is 15.5 Å². The van der Waals surface area contributed by atoms with Crippen molar-refractivity contribution in [3.8, 4) is 0 Å². The number of rotatable bonds is 3. The summed E-state index contributed by atoms with van der Waals surface area (Å²) in [7, 11) is 0. The number of benzene rings is 1. The number of halogens is 2. The van der Waals surface area contributed by atoms with Gasteiger partial charge in [0.05, 0.1) is 11.6 Å². The molecule has 3 atom stereocenters. The molecule has 2 amide bonds. The third kappa shape index (κ3) is 4.49. The van der Waals surface area contributed by atoms with Crippen LogP contribution < -0.4 is 10.6 Å². The Balaban J connectivity index is 0.00000225. The fourth-order valence-corrected chi connectivity index (χ4v) is 4.85. The summed E-state index contributed by atoms with van der Waals surface area (Å²) in [5, 5.41) is 6.69. The van der Waals surface area contributed by atoms with Crippen LogP contribution in [0.3, 0.4) is 0 Å². The molecule has 5 nitrogen and oxygen atoms in total. The first-order chi connectivity index (χ1) is 13.1. The van der Waals surface area contributed by atoms with E-state index in [1.807, 2.05) is 0 Å². The maximum Gasteiger partial charge on any atom is 0.256 e. The van der Waals surface area contributed by atoms with Crippen LogP contribution in [0, 0.1) is 11.7 Å². The van der Waals surface area contributed by atoms with Gasteiger partial charge in [0.25, 0.3) is 5.91 Å². The highest BCUT2D eigenvalue weighted by atomic mass is 35.5. The Morgan fingerprint density at radius 3 is 2.50 bits per heavy atom. The van der Waals surface area contributed by atoms with E-state index in [1.54, 1.807) is 17.0 Å². The standard InChI is InChI=1S/C21H28FN3O2.ClH/c22-17-7-3-2-6-16(17)21(27)25-11-9-15(10-12-25)23-20(26)19-13-14-5-1-4-8-18(14)24-19;/h2-3,6-7,14-15,18-19,24H,1,4-5,8-13H2,(H,23,26);1H. The SMILES string of the molecule is Cl.O=C(NC1CCN(C(=O)c2ccccc2F)CC1)C1CC2CCCCC2N1. The van der Waals surface area contributed by atoms with E-state index in [4.69, 9.17) is 0 Å². The zero-order valence-corrected chi connectivity index (χ0v) is 16.8. The molecular weight excluding hydrogens is 381 g/mol. The molecule has 1 aromatic rings. The number of hydrogen-bond acceptors (Lipinski definition) is 3. The summed E-state index contributed by atoms with van der Waals surface area (Å²) in [6.45, 7) is 1.09. The van der Waals surface area contributed by atoms with Gasteiger partial charge in [0.1, 0.15) is 5.82 Å². The van der Waals surface area contributed by atoms with Crippen molar-refractivity contribution in [3.05, 3.63) is 35.6 Å². The summed E-state index contributed by atoms with van der Waals surface area (Å²) < 4.78 is 13.8. The minimum atomic E-state index is -0.480. The Morgan fingerprint density at radius 1 is 1.07 bits per heavy atom.